The average molecular weight is 214 g/mol. The van der Waals surface area contributed by atoms with Crippen LogP contribution in [0.15, 0.2) is 0 Å². The first-order valence-electron chi connectivity index (χ1n) is 6.28. The highest BCUT2D eigenvalue weighted by Crippen LogP contribution is 2.25. The largest absolute Gasteiger partial charge is 0.393 e. The molecule has 92 valence electrons. The lowest BCUT2D eigenvalue weighted by Crippen LogP contribution is -2.14. The minimum Gasteiger partial charge on any atom is -0.393 e. The molecule has 0 fully saturated rings. The van der Waals surface area contributed by atoms with Gasteiger partial charge in [-0.3, -0.25) is 0 Å². The molecule has 0 saturated heterocycles. The van der Waals surface area contributed by atoms with E-state index in [0.29, 0.717) is 10.8 Å². The highest BCUT2D eigenvalue weighted by molar-refractivity contribution is 4.67. The van der Waals surface area contributed by atoms with Gasteiger partial charge in [0.25, 0.3) is 0 Å². The summed E-state index contributed by atoms with van der Waals surface area (Å²) in [4.78, 5) is 0. The van der Waals surface area contributed by atoms with E-state index in [1.54, 1.807) is 0 Å². The second-order valence-corrected chi connectivity index (χ2v) is 7.21. The van der Waals surface area contributed by atoms with Gasteiger partial charge in [0.15, 0.2) is 0 Å². The quantitative estimate of drug-likeness (QED) is 0.719. The van der Waals surface area contributed by atoms with E-state index in [0.717, 1.165) is 25.7 Å². The molecular formula is C14H30O. The first-order chi connectivity index (χ1) is 6.60. The maximum atomic E-state index is 9.81. The van der Waals surface area contributed by atoms with Crippen molar-refractivity contribution < 1.29 is 5.11 Å². The molecule has 0 aromatic heterocycles. The number of hydrogen-bond acceptors (Lipinski definition) is 1. The first kappa shape index (κ1) is 15.0. The molecule has 0 saturated carbocycles. The summed E-state index contributed by atoms with van der Waals surface area (Å²) in [7, 11) is 0. The summed E-state index contributed by atoms with van der Waals surface area (Å²) in [5.74, 6) is 0. The third kappa shape index (κ3) is 11.9. The zero-order valence-electron chi connectivity index (χ0n) is 11.6. The van der Waals surface area contributed by atoms with Crippen LogP contribution in [0.2, 0.25) is 0 Å². The fourth-order valence-corrected chi connectivity index (χ4v) is 1.61. The summed E-state index contributed by atoms with van der Waals surface area (Å²) in [5, 5.41) is 9.81. The Morgan fingerprint density at radius 2 is 1.27 bits per heavy atom. The van der Waals surface area contributed by atoms with Crippen molar-refractivity contribution in [1.29, 1.82) is 0 Å². The molecule has 0 aromatic carbocycles. The van der Waals surface area contributed by atoms with Crippen LogP contribution in [0.1, 0.15) is 73.6 Å². The van der Waals surface area contributed by atoms with Crippen LogP contribution in [0.3, 0.4) is 0 Å². The van der Waals surface area contributed by atoms with Crippen molar-refractivity contribution >= 4 is 0 Å². The summed E-state index contributed by atoms with van der Waals surface area (Å²) < 4.78 is 0. The Bertz CT molecular complexity index is 159. The number of rotatable bonds is 5. The lowest BCUT2D eigenvalue weighted by atomic mass is 9.86. The van der Waals surface area contributed by atoms with Crippen LogP contribution < -0.4 is 0 Å². The predicted octanol–water partition coefficient (Wildman–Crippen LogP) is 4.39. The van der Waals surface area contributed by atoms with E-state index in [2.05, 4.69) is 41.5 Å². The maximum Gasteiger partial charge on any atom is 0.0540 e. The van der Waals surface area contributed by atoms with Gasteiger partial charge in [-0.1, -0.05) is 48.0 Å². The Morgan fingerprint density at radius 1 is 0.800 bits per heavy atom. The molecule has 1 heteroatoms. The normalized spacial score (nSPS) is 15.4. The second-order valence-electron chi connectivity index (χ2n) is 7.21. The van der Waals surface area contributed by atoms with E-state index in [4.69, 9.17) is 0 Å². The summed E-state index contributed by atoms with van der Waals surface area (Å²) >= 11 is 0. The molecule has 1 N–H and O–H groups in total. The van der Waals surface area contributed by atoms with Gasteiger partial charge in [0.1, 0.15) is 0 Å². The molecule has 15 heavy (non-hydrogen) atoms. The van der Waals surface area contributed by atoms with Gasteiger partial charge in [0, 0.05) is 0 Å². The van der Waals surface area contributed by atoms with Gasteiger partial charge in [-0.25, -0.2) is 0 Å². The van der Waals surface area contributed by atoms with E-state index < -0.39 is 0 Å². The first-order valence-corrected chi connectivity index (χ1v) is 6.28. The Kier molecular flexibility index (Phi) is 5.87. The van der Waals surface area contributed by atoms with E-state index in [9.17, 15) is 5.11 Å². The highest BCUT2D eigenvalue weighted by atomic mass is 16.3. The van der Waals surface area contributed by atoms with Gasteiger partial charge in [-0.15, -0.1) is 0 Å². The van der Waals surface area contributed by atoms with Crippen molar-refractivity contribution in [3.05, 3.63) is 0 Å². The fraction of sp³-hybridized carbons (Fsp3) is 1.00. The Labute approximate surface area is 96.3 Å². The van der Waals surface area contributed by atoms with Crippen molar-refractivity contribution in [2.45, 2.75) is 79.8 Å². The minimum absolute atomic E-state index is 0.0911. The van der Waals surface area contributed by atoms with Crippen molar-refractivity contribution in [2.75, 3.05) is 0 Å². The molecule has 1 nitrogen and oxygen atoms in total. The minimum atomic E-state index is -0.0911. The molecule has 0 rings (SSSR count). The lowest BCUT2D eigenvalue weighted by Gasteiger charge is -2.22. The van der Waals surface area contributed by atoms with Crippen LogP contribution in [-0.2, 0) is 0 Å². The van der Waals surface area contributed by atoms with E-state index in [-0.39, 0.29) is 6.10 Å². The molecule has 0 heterocycles. The molecular weight excluding hydrogens is 184 g/mol. The van der Waals surface area contributed by atoms with Gasteiger partial charge in [0.2, 0.25) is 0 Å². The number of aliphatic hydroxyl groups excluding tert-OH is 1. The van der Waals surface area contributed by atoms with Gasteiger partial charge in [-0.05, 0) is 36.5 Å². The van der Waals surface area contributed by atoms with Crippen LogP contribution in [0.25, 0.3) is 0 Å². The Morgan fingerprint density at radius 3 is 1.67 bits per heavy atom. The molecule has 1 atom stereocenters. The molecule has 0 unspecified atom stereocenters. The summed E-state index contributed by atoms with van der Waals surface area (Å²) in [6, 6.07) is 0. The van der Waals surface area contributed by atoms with Crippen molar-refractivity contribution in [1.82, 2.24) is 0 Å². The van der Waals surface area contributed by atoms with Crippen LogP contribution in [0, 0.1) is 10.8 Å². The van der Waals surface area contributed by atoms with Crippen LogP contribution in [-0.4, -0.2) is 11.2 Å². The number of hydrogen-bond donors (Lipinski definition) is 1. The smallest absolute Gasteiger partial charge is 0.0540 e. The second kappa shape index (κ2) is 5.89. The molecule has 0 amide bonds. The molecule has 0 aliphatic heterocycles. The zero-order valence-corrected chi connectivity index (χ0v) is 11.6. The molecule has 0 aliphatic rings. The van der Waals surface area contributed by atoms with Gasteiger partial charge < -0.3 is 5.11 Å². The predicted molar refractivity (Wildman–Crippen MR) is 68.0 cm³/mol. The molecule has 0 radical (unpaired) electrons. The summed E-state index contributed by atoms with van der Waals surface area (Å²) in [6.07, 6.45) is 5.30. The van der Waals surface area contributed by atoms with Crippen molar-refractivity contribution in [3.8, 4) is 0 Å². The van der Waals surface area contributed by atoms with Gasteiger partial charge in [-0.2, -0.15) is 0 Å². The molecule has 0 aromatic rings. The Balaban J connectivity index is 3.54. The lowest BCUT2D eigenvalue weighted by molar-refractivity contribution is 0.130. The third-order valence-electron chi connectivity index (χ3n) is 2.69. The van der Waals surface area contributed by atoms with Crippen molar-refractivity contribution in [3.63, 3.8) is 0 Å². The topological polar surface area (TPSA) is 20.2 Å². The van der Waals surface area contributed by atoms with Crippen molar-refractivity contribution in [2.24, 2.45) is 10.8 Å². The van der Waals surface area contributed by atoms with Crippen LogP contribution in [0.4, 0.5) is 0 Å². The third-order valence-corrected chi connectivity index (χ3v) is 2.69. The molecule has 0 bridgehead atoms. The monoisotopic (exact) mass is 214 g/mol. The van der Waals surface area contributed by atoms with Gasteiger partial charge in [0.05, 0.1) is 6.10 Å². The zero-order chi connectivity index (χ0) is 12.1. The summed E-state index contributed by atoms with van der Waals surface area (Å²) in [6.45, 7) is 13.5. The average Bonchev–Trinajstić information content (AvgIpc) is 1.97. The highest BCUT2D eigenvalue weighted by Gasteiger charge is 2.15. The van der Waals surface area contributed by atoms with E-state index >= 15 is 0 Å². The standard InChI is InChI=1S/C14H30O/c1-13(2,3)10-7-8-12(15)9-11-14(4,5)6/h12,15H,7-11H2,1-6H3/t12-/m1/s1. The van der Waals surface area contributed by atoms with Gasteiger partial charge >= 0.3 is 0 Å². The van der Waals surface area contributed by atoms with Crippen LogP contribution in [0.5, 0.6) is 0 Å². The molecule has 0 spiro atoms. The van der Waals surface area contributed by atoms with Crippen LogP contribution >= 0.6 is 0 Å². The summed E-state index contributed by atoms with van der Waals surface area (Å²) in [5.41, 5.74) is 0.759. The Hall–Kier alpha value is -0.0400. The SMILES string of the molecule is CC(C)(C)CCC[C@@H](O)CCC(C)(C)C. The van der Waals surface area contributed by atoms with E-state index in [1.165, 1.54) is 6.42 Å². The fourth-order valence-electron chi connectivity index (χ4n) is 1.61. The molecule has 0 aliphatic carbocycles. The maximum absolute atomic E-state index is 9.81. The van der Waals surface area contributed by atoms with E-state index in [1.807, 2.05) is 0 Å². The number of aliphatic hydroxyl groups is 1.